The molecule has 0 fully saturated rings. The molecule has 0 radical (unpaired) electrons. The normalized spacial score (nSPS) is 11.0. The predicted molar refractivity (Wildman–Crippen MR) is 99.9 cm³/mol. The molecule has 2 N–H and O–H groups in total. The number of unbranched alkanes of at least 4 members (excludes halogenated alkanes) is 4. The van der Waals surface area contributed by atoms with Crippen LogP contribution in [0.1, 0.15) is 44.1 Å². The van der Waals surface area contributed by atoms with Crippen LogP contribution >= 0.6 is 0 Å². The van der Waals surface area contributed by atoms with E-state index >= 15 is 0 Å². The molecule has 0 spiro atoms. The molecule has 0 unspecified atom stereocenters. The van der Waals surface area contributed by atoms with E-state index in [1.165, 1.54) is 17.7 Å². The predicted octanol–water partition coefficient (Wildman–Crippen LogP) is 4.34. The lowest BCUT2D eigenvalue weighted by Crippen LogP contribution is -2.23. The molecule has 2 rings (SSSR count). The van der Waals surface area contributed by atoms with Crippen LogP contribution in [0.25, 0.3) is 0 Å². The Balaban J connectivity index is 1.79. The Hall–Kier alpha value is -1.84. The van der Waals surface area contributed by atoms with Crippen LogP contribution in [0.15, 0.2) is 60.7 Å². The molecule has 130 valence electrons. The van der Waals surface area contributed by atoms with E-state index in [4.69, 9.17) is 10.2 Å². The smallest absolute Gasteiger partial charge is 0.151 e. The highest BCUT2D eigenvalue weighted by Crippen LogP contribution is 2.18. The number of nitrogens with zero attached hydrogens (tertiary/aromatic N) is 1. The molecule has 0 amide bonds. The zero-order chi connectivity index (χ0) is 17.0. The highest BCUT2D eigenvalue weighted by Gasteiger charge is 2.07. The van der Waals surface area contributed by atoms with E-state index in [9.17, 15) is 0 Å². The number of anilines is 1. The van der Waals surface area contributed by atoms with Crippen LogP contribution < -0.4 is 4.90 Å². The molecule has 0 aromatic heterocycles. The molecule has 0 aliphatic rings. The minimum absolute atomic E-state index is 0.490. The summed E-state index contributed by atoms with van der Waals surface area (Å²) in [6, 6.07) is 21.2. The fourth-order valence-electron chi connectivity index (χ4n) is 2.90. The number of rotatable bonds is 11. The summed E-state index contributed by atoms with van der Waals surface area (Å²) in [6.07, 6.45) is 4.80. The Bertz CT molecular complexity index is 542. The van der Waals surface area contributed by atoms with Crippen LogP contribution in [0, 0.1) is 0 Å². The second-order valence-electron chi connectivity index (χ2n) is 6.28. The highest BCUT2D eigenvalue weighted by atomic mass is 16.5. The van der Waals surface area contributed by atoms with Crippen molar-refractivity contribution < 1.29 is 10.2 Å². The van der Waals surface area contributed by atoms with Crippen molar-refractivity contribution in [2.45, 2.75) is 51.4 Å². The van der Waals surface area contributed by atoms with E-state index in [0.717, 1.165) is 38.8 Å². The van der Waals surface area contributed by atoms with Gasteiger partial charge in [-0.2, -0.15) is 0 Å². The van der Waals surface area contributed by atoms with Crippen LogP contribution in [-0.4, -0.2) is 23.0 Å². The minimum atomic E-state index is -1.15. The molecule has 0 aliphatic carbocycles. The van der Waals surface area contributed by atoms with E-state index < -0.39 is 6.29 Å². The van der Waals surface area contributed by atoms with Gasteiger partial charge in [0.25, 0.3) is 0 Å². The van der Waals surface area contributed by atoms with E-state index in [2.05, 4.69) is 65.6 Å². The summed E-state index contributed by atoms with van der Waals surface area (Å²) in [7, 11) is 0. The fourth-order valence-corrected chi connectivity index (χ4v) is 2.90. The number of hydrogen-bond acceptors (Lipinski definition) is 3. The summed E-state index contributed by atoms with van der Waals surface area (Å²) in [5.74, 6) is 0. The summed E-state index contributed by atoms with van der Waals surface area (Å²) in [5, 5.41) is 17.7. The maximum atomic E-state index is 8.84. The van der Waals surface area contributed by atoms with Gasteiger partial charge < -0.3 is 15.1 Å². The van der Waals surface area contributed by atoms with E-state index in [-0.39, 0.29) is 0 Å². The van der Waals surface area contributed by atoms with Crippen molar-refractivity contribution in [3.05, 3.63) is 66.2 Å². The molecule has 0 aliphatic heterocycles. The molecule has 3 heteroatoms. The second kappa shape index (κ2) is 10.8. The molecule has 0 saturated heterocycles. The van der Waals surface area contributed by atoms with Crippen molar-refractivity contribution in [2.75, 3.05) is 11.4 Å². The lowest BCUT2D eigenvalue weighted by molar-refractivity contribution is -0.0466. The van der Waals surface area contributed by atoms with Gasteiger partial charge in [-0.25, -0.2) is 0 Å². The van der Waals surface area contributed by atoms with Crippen molar-refractivity contribution in [2.24, 2.45) is 0 Å². The quantitative estimate of drug-likeness (QED) is 0.476. The first-order chi connectivity index (χ1) is 11.8. The van der Waals surface area contributed by atoms with Crippen LogP contribution in [0.4, 0.5) is 5.69 Å². The lowest BCUT2D eigenvalue weighted by atomic mass is 10.1. The van der Waals surface area contributed by atoms with Crippen LogP contribution in [-0.2, 0) is 6.54 Å². The number of para-hydroxylation sites is 1. The highest BCUT2D eigenvalue weighted by molar-refractivity contribution is 5.46. The monoisotopic (exact) mass is 327 g/mol. The maximum Gasteiger partial charge on any atom is 0.151 e. The minimum Gasteiger partial charge on any atom is -0.368 e. The molecular weight excluding hydrogens is 298 g/mol. The molecular formula is C21H29NO2. The van der Waals surface area contributed by atoms with Crippen LogP contribution in [0.2, 0.25) is 0 Å². The Morgan fingerprint density at radius 1 is 0.708 bits per heavy atom. The van der Waals surface area contributed by atoms with E-state index in [1.54, 1.807) is 0 Å². The third kappa shape index (κ3) is 7.16. The van der Waals surface area contributed by atoms with Gasteiger partial charge in [0.15, 0.2) is 6.29 Å². The summed E-state index contributed by atoms with van der Waals surface area (Å²) in [6.45, 7) is 1.98. The first-order valence-electron chi connectivity index (χ1n) is 8.96. The first kappa shape index (κ1) is 18.5. The average molecular weight is 327 g/mol. The summed E-state index contributed by atoms with van der Waals surface area (Å²) >= 11 is 0. The number of hydrogen-bond donors (Lipinski definition) is 2. The summed E-state index contributed by atoms with van der Waals surface area (Å²) < 4.78 is 0. The standard InChI is InChI=1S/C21H29NO2/c23-21(24)16-10-2-1-3-11-17-22(20-14-8-5-9-15-20)18-19-12-6-4-7-13-19/h4-9,12-15,21,23-24H,1-3,10-11,16-18H2. The van der Waals surface area contributed by atoms with Gasteiger partial charge in [0, 0.05) is 18.8 Å². The van der Waals surface area contributed by atoms with Gasteiger partial charge in [0.2, 0.25) is 0 Å². The Morgan fingerprint density at radius 3 is 1.96 bits per heavy atom. The topological polar surface area (TPSA) is 43.7 Å². The van der Waals surface area contributed by atoms with Gasteiger partial charge in [0.1, 0.15) is 0 Å². The SMILES string of the molecule is OC(O)CCCCCCCN(Cc1ccccc1)c1ccccc1. The Labute approximate surface area is 145 Å². The number of aliphatic hydroxyl groups is 2. The summed E-state index contributed by atoms with van der Waals surface area (Å²) in [4.78, 5) is 2.44. The molecule has 3 nitrogen and oxygen atoms in total. The second-order valence-corrected chi connectivity index (χ2v) is 6.28. The van der Waals surface area contributed by atoms with Crippen LogP contribution in [0.5, 0.6) is 0 Å². The summed E-state index contributed by atoms with van der Waals surface area (Å²) in [5.41, 5.74) is 2.60. The zero-order valence-corrected chi connectivity index (χ0v) is 14.3. The lowest BCUT2D eigenvalue weighted by Gasteiger charge is -2.25. The van der Waals surface area contributed by atoms with Gasteiger partial charge >= 0.3 is 0 Å². The van der Waals surface area contributed by atoms with Crippen LogP contribution in [0.3, 0.4) is 0 Å². The van der Waals surface area contributed by atoms with Gasteiger partial charge in [-0.05, 0) is 37.0 Å². The van der Waals surface area contributed by atoms with Gasteiger partial charge in [0.05, 0.1) is 0 Å². The van der Waals surface area contributed by atoms with Gasteiger partial charge in [-0.3, -0.25) is 0 Å². The van der Waals surface area contributed by atoms with Crippen molar-refractivity contribution in [1.82, 2.24) is 0 Å². The fraction of sp³-hybridized carbons (Fsp3) is 0.429. The molecule has 0 saturated carbocycles. The van der Waals surface area contributed by atoms with Crippen molar-refractivity contribution in [3.63, 3.8) is 0 Å². The zero-order valence-electron chi connectivity index (χ0n) is 14.3. The van der Waals surface area contributed by atoms with Crippen molar-refractivity contribution in [3.8, 4) is 0 Å². The molecule has 2 aromatic rings. The number of benzene rings is 2. The molecule has 0 bridgehead atoms. The Morgan fingerprint density at radius 2 is 1.29 bits per heavy atom. The first-order valence-corrected chi connectivity index (χ1v) is 8.96. The van der Waals surface area contributed by atoms with E-state index in [0.29, 0.717) is 6.42 Å². The molecule has 0 heterocycles. The average Bonchev–Trinajstić information content (AvgIpc) is 2.61. The van der Waals surface area contributed by atoms with Gasteiger partial charge in [-0.1, -0.05) is 67.8 Å². The Kier molecular flexibility index (Phi) is 8.36. The third-order valence-corrected chi connectivity index (χ3v) is 4.23. The molecule has 0 atom stereocenters. The molecule has 24 heavy (non-hydrogen) atoms. The van der Waals surface area contributed by atoms with Crippen molar-refractivity contribution >= 4 is 5.69 Å². The van der Waals surface area contributed by atoms with Crippen molar-refractivity contribution in [1.29, 1.82) is 0 Å². The number of aliphatic hydroxyl groups excluding tert-OH is 1. The maximum absolute atomic E-state index is 8.84. The van der Waals surface area contributed by atoms with Gasteiger partial charge in [-0.15, -0.1) is 0 Å². The largest absolute Gasteiger partial charge is 0.368 e. The van der Waals surface area contributed by atoms with E-state index in [1.807, 2.05) is 0 Å². The third-order valence-electron chi connectivity index (χ3n) is 4.23. The molecule has 2 aromatic carbocycles.